The first-order chi connectivity index (χ1) is 15.1. The average Bonchev–Trinajstić information content (AvgIpc) is 2.67. The molecule has 4 amide bonds. The normalized spacial score (nSPS) is 15.5. The predicted molar refractivity (Wildman–Crippen MR) is 113 cm³/mol. The van der Waals surface area contributed by atoms with E-state index in [-0.39, 0.29) is 12.3 Å². The first kappa shape index (κ1) is 29.7. The molecule has 0 aromatic heterocycles. The molecule has 0 unspecified atom stereocenters. The summed E-state index contributed by atoms with van der Waals surface area (Å²) in [6.07, 6.45) is -2.74. The number of carbonyl (C=O) groups is 6. The maximum absolute atomic E-state index is 12.8. The zero-order valence-electron chi connectivity index (χ0n) is 18.7. The van der Waals surface area contributed by atoms with E-state index in [0.29, 0.717) is 0 Å². The van der Waals surface area contributed by atoms with Gasteiger partial charge in [0.05, 0.1) is 12.5 Å². The Bertz CT molecular complexity index is 741. The van der Waals surface area contributed by atoms with Gasteiger partial charge >= 0.3 is 11.9 Å². The number of hydrogen-bond donors (Lipinski definition) is 8. The number of carbonyl (C=O) groups excluding carboxylic acids is 4. The summed E-state index contributed by atoms with van der Waals surface area (Å²) in [5.74, 6) is -6.62. The van der Waals surface area contributed by atoms with Crippen molar-refractivity contribution in [1.82, 2.24) is 16.0 Å². The summed E-state index contributed by atoms with van der Waals surface area (Å²) in [6.45, 7) is 4.81. The SMILES string of the molecule is CC(C)C[C@H](NC(=O)[C@@H](N)[C@@H](C)O)C(=O)N[C@@H](CC(N)=O)C(=O)N[C@@H](CCC(=O)O)C(=O)O. The Balaban J connectivity index is 5.54. The maximum atomic E-state index is 12.8. The maximum Gasteiger partial charge on any atom is 0.326 e. The monoisotopic (exact) mass is 475 g/mol. The second kappa shape index (κ2) is 14.0. The lowest BCUT2D eigenvalue weighted by Gasteiger charge is -2.26. The van der Waals surface area contributed by atoms with Gasteiger partial charge in [-0.25, -0.2) is 4.79 Å². The molecule has 10 N–H and O–H groups in total. The minimum atomic E-state index is -1.59. The van der Waals surface area contributed by atoms with Gasteiger partial charge in [-0.1, -0.05) is 13.8 Å². The van der Waals surface area contributed by atoms with E-state index in [0.717, 1.165) is 0 Å². The van der Waals surface area contributed by atoms with E-state index in [2.05, 4.69) is 16.0 Å². The average molecular weight is 475 g/mol. The lowest BCUT2D eigenvalue weighted by molar-refractivity contribution is -0.143. The number of primary amides is 1. The van der Waals surface area contributed by atoms with Crippen LogP contribution in [0.5, 0.6) is 0 Å². The van der Waals surface area contributed by atoms with Crippen molar-refractivity contribution in [3.63, 3.8) is 0 Å². The van der Waals surface area contributed by atoms with Gasteiger partial charge in [0, 0.05) is 6.42 Å². The first-order valence-electron chi connectivity index (χ1n) is 10.2. The summed E-state index contributed by atoms with van der Waals surface area (Å²) in [5, 5.41) is 34.1. The van der Waals surface area contributed by atoms with Crippen LogP contribution in [0.1, 0.15) is 46.5 Å². The van der Waals surface area contributed by atoms with Crippen LogP contribution in [0.3, 0.4) is 0 Å². The molecular weight excluding hydrogens is 442 g/mol. The van der Waals surface area contributed by atoms with Crippen molar-refractivity contribution in [2.75, 3.05) is 0 Å². The van der Waals surface area contributed by atoms with Crippen LogP contribution in [0.2, 0.25) is 0 Å². The second-order valence-electron chi connectivity index (χ2n) is 8.02. The lowest BCUT2D eigenvalue weighted by Crippen LogP contribution is -2.58. The predicted octanol–water partition coefficient (Wildman–Crippen LogP) is -2.98. The van der Waals surface area contributed by atoms with Crippen molar-refractivity contribution in [3.05, 3.63) is 0 Å². The Morgan fingerprint density at radius 3 is 1.73 bits per heavy atom. The van der Waals surface area contributed by atoms with E-state index in [1.54, 1.807) is 13.8 Å². The number of amides is 4. The number of aliphatic carboxylic acids is 2. The first-order valence-corrected chi connectivity index (χ1v) is 10.2. The Kier molecular flexibility index (Phi) is 12.6. The number of aliphatic hydroxyl groups is 1. The number of carboxylic acid groups (broad SMARTS) is 2. The third kappa shape index (κ3) is 11.8. The highest BCUT2D eigenvalue weighted by Crippen LogP contribution is 2.07. The van der Waals surface area contributed by atoms with Crippen LogP contribution in [0.25, 0.3) is 0 Å². The summed E-state index contributed by atoms with van der Waals surface area (Å²) in [6, 6.07) is -5.68. The molecule has 0 aliphatic heterocycles. The van der Waals surface area contributed by atoms with Crippen LogP contribution in [0.15, 0.2) is 0 Å². The summed E-state index contributed by atoms with van der Waals surface area (Å²) in [5.41, 5.74) is 10.7. The zero-order valence-corrected chi connectivity index (χ0v) is 18.7. The lowest BCUT2D eigenvalue weighted by atomic mass is 10.0. The highest BCUT2D eigenvalue weighted by molar-refractivity contribution is 5.96. The van der Waals surface area contributed by atoms with Crippen molar-refractivity contribution < 1.29 is 44.1 Å². The molecule has 33 heavy (non-hydrogen) atoms. The number of nitrogens with two attached hydrogens (primary N) is 2. The van der Waals surface area contributed by atoms with Crippen LogP contribution in [0.4, 0.5) is 0 Å². The van der Waals surface area contributed by atoms with Crippen LogP contribution < -0.4 is 27.4 Å². The smallest absolute Gasteiger partial charge is 0.326 e. The van der Waals surface area contributed by atoms with Crippen molar-refractivity contribution in [3.8, 4) is 0 Å². The third-order valence-electron chi connectivity index (χ3n) is 4.46. The largest absolute Gasteiger partial charge is 0.481 e. The standard InChI is InChI=1S/C19H33N5O9/c1-8(2)6-11(24-18(31)15(21)9(3)25)16(29)23-12(7-13(20)26)17(30)22-10(19(32)33)4-5-14(27)28/h8-12,15,25H,4-7,21H2,1-3H3,(H2,20,26)(H,22,30)(H,23,29)(H,24,31)(H,27,28)(H,32,33)/t9-,10+,11+,12+,15+/m1/s1. The molecule has 0 saturated carbocycles. The minimum Gasteiger partial charge on any atom is -0.481 e. The van der Waals surface area contributed by atoms with Gasteiger partial charge in [-0.15, -0.1) is 0 Å². The van der Waals surface area contributed by atoms with Crippen molar-refractivity contribution in [2.45, 2.75) is 76.7 Å². The van der Waals surface area contributed by atoms with Gasteiger partial charge in [-0.05, 0) is 25.7 Å². The van der Waals surface area contributed by atoms with Gasteiger partial charge < -0.3 is 42.7 Å². The third-order valence-corrected chi connectivity index (χ3v) is 4.46. The van der Waals surface area contributed by atoms with E-state index in [1.807, 2.05) is 0 Å². The number of rotatable bonds is 15. The molecule has 0 radical (unpaired) electrons. The molecule has 0 spiro atoms. The molecule has 188 valence electrons. The minimum absolute atomic E-state index is 0.0975. The number of carboxylic acids is 2. The van der Waals surface area contributed by atoms with E-state index in [4.69, 9.17) is 16.6 Å². The van der Waals surface area contributed by atoms with Gasteiger partial charge in [0.15, 0.2) is 0 Å². The Morgan fingerprint density at radius 2 is 1.30 bits per heavy atom. The quantitative estimate of drug-likeness (QED) is 0.119. The summed E-state index contributed by atoms with van der Waals surface area (Å²) in [7, 11) is 0. The molecule has 0 bridgehead atoms. The summed E-state index contributed by atoms with van der Waals surface area (Å²) in [4.78, 5) is 70.9. The second-order valence-corrected chi connectivity index (χ2v) is 8.02. The molecule has 0 heterocycles. The zero-order chi connectivity index (χ0) is 25.9. The molecule has 0 fully saturated rings. The molecule has 5 atom stereocenters. The van der Waals surface area contributed by atoms with E-state index < -0.39 is 85.1 Å². The Labute approximate surface area is 190 Å². The summed E-state index contributed by atoms with van der Waals surface area (Å²) >= 11 is 0. The molecule has 14 heteroatoms. The van der Waals surface area contributed by atoms with E-state index >= 15 is 0 Å². The van der Waals surface area contributed by atoms with Gasteiger partial charge in [0.2, 0.25) is 23.6 Å². The van der Waals surface area contributed by atoms with Gasteiger partial charge in [0.25, 0.3) is 0 Å². The van der Waals surface area contributed by atoms with Gasteiger partial charge in [0.1, 0.15) is 24.2 Å². The Morgan fingerprint density at radius 1 is 0.818 bits per heavy atom. The molecule has 0 aromatic rings. The van der Waals surface area contributed by atoms with Crippen LogP contribution in [-0.4, -0.2) is 81.2 Å². The van der Waals surface area contributed by atoms with Crippen molar-refractivity contribution in [1.29, 1.82) is 0 Å². The van der Waals surface area contributed by atoms with Gasteiger partial charge in [-0.3, -0.25) is 24.0 Å². The molecule has 0 saturated heterocycles. The van der Waals surface area contributed by atoms with E-state index in [1.165, 1.54) is 6.92 Å². The number of hydrogen-bond acceptors (Lipinski definition) is 8. The number of aliphatic hydroxyl groups excluding tert-OH is 1. The molecular formula is C19H33N5O9. The molecule has 14 nitrogen and oxygen atoms in total. The van der Waals surface area contributed by atoms with E-state index in [9.17, 15) is 39.0 Å². The number of nitrogens with one attached hydrogen (secondary N) is 3. The van der Waals surface area contributed by atoms with Crippen molar-refractivity contribution >= 4 is 35.6 Å². The van der Waals surface area contributed by atoms with Crippen LogP contribution >= 0.6 is 0 Å². The fraction of sp³-hybridized carbons (Fsp3) is 0.684. The van der Waals surface area contributed by atoms with Crippen LogP contribution in [-0.2, 0) is 28.8 Å². The van der Waals surface area contributed by atoms with Crippen LogP contribution in [0, 0.1) is 5.92 Å². The Hall–Kier alpha value is -3.26. The van der Waals surface area contributed by atoms with Gasteiger partial charge in [-0.2, -0.15) is 0 Å². The fourth-order valence-electron chi connectivity index (χ4n) is 2.67. The molecule has 0 rings (SSSR count). The molecule has 0 aromatic carbocycles. The topological polar surface area (TPSA) is 251 Å². The van der Waals surface area contributed by atoms with Crippen molar-refractivity contribution in [2.24, 2.45) is 17.4 Å². The highest BCUT2D eigenvalue weighted by Gasteiger charge is 2.32. The highest BCUT2D eigenvalue weighted by atomic mass is 16.4. The molecule has 0 aliphatic rings. The molecule has 0 aliphatic carbocycles. The summed E-state index contributed by atoms with van der Waals surface area (Å²) < 4.78 is 0. The fourth-order valence-corrected chi connectivity index (χ4v) is 2.67.